The van der Waals surface area contributed by atoms with E-state index < -0.39 is 0 Å². The average molecular weight is 308 g/mol. The molecule has 2 aromatic carbocycles. The number of aryl methyl sites for hydroxylation is 3. The summed E-state index contributed by atoms with van der Waals surface area (Å²) < 4.78 is 0. The van der Waals surface area contributed by atoms with Crippen LogP contribution in [0.3, 0.4) is 0 Å². The van der Waals surface area contributed by atoms with E-state index in [4.69, 9.17) is 5.73 Å². The molecule has 3 heteroatoms. The number of amides is 1. The minimum Gasteiger partial charge on any atom is -0.399 e. The molecule has 0 radical (unpaired) electrons. The van der Waals surface area contributed by atoms with Gasteiger partial charge in [0.15, 0.2) is 0 Å². The van der Waals surface area contributed by atoms with Crippen molar-refractivity contribution >= 4 is 11.6 Å². The van der Waals surface area contributed by atoms with Crippen LogP contribution < -0.4 is 11.1 Å². The van der Waals surface area contributed by atoms with Crippen molar-refractivity contribution in [3.63, 3.8) is 0 Å². The molecule has 0 spiro atoms. The molecule has 1 aliphatic rings. The predicted molar refractivity (Wildman–Crippen MR) is 94.2 cm³/mol. The number of fused-ring (bicyclic) bond motifs is 1. The van der Waals surface area contributed by atoms with Crippen LogP contribution in [0.5, 0.6) is 0 Å². The third-order valence-corrected chi connectivity index (χ3v) is 4.54. The van der Waals surface area contributed by atoms with Crippen LogP contribution in [0.1, 0.15) is 47.6 Å². The molecule has 0 aliphatic heterocycles. The van der Waals surface area contributed by atoms with E-state index in [-0.39, 0.29) is 11.9 Å². The average Bonchev–Trinajstić information content (AvgIpc) is 2.53. The second-order valence-corrected chi connectivity index (χ2v) is 6.46. The molecule has 3 N–H and O–H groups in total. The normalized spacial score (nSPS) is 16.7. The topological polar surface area (TPSA) is 55.1 Å². The zero-order valence-corrected chi connectivity index (χ0v) is 13.6. The van der Waals surface area contributed by atoms with Gasteiger partial charge in [-0.25, -0.2) is 0 Å². The van der Waals surface area contributed by atoms with Gasteiger partial charge in [-0.3, -0.25) is 4.79 Å². The van der Waals surface area contributed by atoms with Gasteiger partial charge in [-0.1, -0.05) is 35.9 Å². The van der Waals surface area contributed by atoms with Gasteiger partial charge in [-0.05, 0) is 61.4 Å². The van der Waals surface area contributed by atoms with Gasteiger partial charge >= 0.3 is 0 Å². The molecule has 1 atom stereocenters. The lowest BCUT2D eigenvalue weighted by Gasteiger charge is -2.26. The Bertz CT molecular complexity index is 709. The molecule has 1 unspecified atom stereocenters. The van der Waals surface area contributed by atoms with Gasteiger partial charge in [-0.2, -0.15) is 0 Å². The third-order valence-electron chi connectivity index (χ3n) is 4.54. The van der Waals surface area contributed by atoms with Crippen molar-refractivity contribution in [2.24, 2.45) is 0 Å². The van der Waals surface area contributed by atoms with Gasteiger partial charge in [0.2, 0.25) is 5.91 Å². The molecule has 0 heterocycles. The van der Waals surface area contributed by atoms with Crippen molar-refractivity contribution in [3.05, 3.63) is 64.7 Å². The summed E-state index contributed by atoms with van der Waals surface area (Å²) >= 11 is 0. The van der Waals surface area contributed by atoms with Crippen LogP contribution in [-0.4, -0.2) is 5.91 Å². The predicted octanol–water partition coefficient (Wildman–Crippen LogP) is 3.70. The molecule has 0 saturated heterocycles. The largest absolute Gasteiger partial charge is 0.399 e. The van der Waals surface area contributed by atoms with Gasteiger partial charge < -0.3 is 11.1 Å². The Balaban J connectivity index is 1.61. The van der Waals surface area contributed by atoms with Gasteiger partial charge in [0.1, 0.15) is 0 Å². The van der Waals surface area contributed by atoms with E-state index in [1.54, 1.807) is 0 Å². The minimum absolute atomic E-state index is 0.126. The highest BCUT2D eigenvalue weighted by Gasteiger charge is 2.21. The maximum Gasteiger partial charge on any atom is 0.220 e. The van der Waals surface area contributed by atoms with E-state index in [0.717, 1.165) is 31.4 Å². The van der Waals surface area contributed by atoms with Crippen molar-refractivity contribution in [3.8, 4) is 0 Å². The number of rotatable bonds is 4. The molecule has 0 saturated carbocycles. The van der Waals surface area contributed by atoms with Crippen LogP contribution in [0.4, 0.5) is 5.69 Å². The highest BCUT2D eigenvalue weighted by Crippen LogP contribution is 2.31. The second-order valence-electron chi connectivity index (χ2n) is 6.46. The van der Waals surface area contributed by atoms with Crippen LogP contribution in [0.25, 0.3) is 0 Å². The Morgan fingerprint density at radius 1 is 1.26 bits per heavy atom. The highest BCUT2D eigenvalue weighted by atomic mass is 16.1. The van der Waals surface area contributed by atoms with E-state index in [2.05, 4.69) is 36.5 Å². The van der Waals surface area contributed by atoms with Crippen molar-refractivity contribution < 1.29 is 4.79 Å². The molecule has 0 bridgehead atoms. The molecule has 0 aromatic heterocycles. The number of carbonyl (C=O) groups is 1. The van der Waals surface area contributed by atoms with Crippen molar-refractivity contribution in [1.82, 2.24) is 5.32 Å². The fraction of sp³-hybridized carbons (Fsp3) is 0.350. The van der Waals surface area contributed by atoms with Crippen molar-refractivity contribution in [1.29, 1.82) is 0 Å². The van der Waals surface area contributed by atoms with Gasteiger partial charge in [-0.15, -0.1) is 0 Å². The van der Waals surface area contributed by atoms with E-state index in [1.165, 1.54) is 22.3 Å². The summed E-state index contributed by atoms with van der Waals surface area (Å²) in [7, 11) is 0. The monoisotopic (exact) mass is 308 g/mol. The van der Waals surface area contributed by atoms with Crippen LogP contribution >= 0.6 is 0 Å². The molecule has 3 nitrogen and oxygen atoms in total. The van der Waals surface area contributed by atoms with Crippen LogP contribution in [-0.2, 0) is 17.6 Å². The summed E-state index contributed by atoms with van der Waals surface area (Å²) in [4.78, 5) is 12.3. The van der Waals surface area contributed by atoms with Gasteiger partial charge in [0, 0.05) is 12.1 Å². The Morgan fingerprint density at radius 2 is 2.13 bits per heavy atom. The van der Waals surface area contributed by atoms with E-state index in [9.17, 15) is 4.79 Å². The summed E-state index contributed by atoms with van der Waals surface area (Å²) in [6.07, 6.45) is 4.47. The fourth-order valence-electron chi connectivity index (χ4n) is 3.38. The fourth-order valence-corrected chi connectivity index (χ4v) is 3.38. The van der Waals surface area contributed by atoms with Crippen LogP contribution in [0, 0.1) is 6.92 Å². The standard InChI is InChI=1S/C20H24N2O/c1-14-4-2-5-15(12-14)8-11-20(23)22-19-7-3-6-16-13-17(21)9-10-18(16)19/h2,4-5,9-10,12-13,19H,3,6-8,11,21H2,1H3,(H,22,23). The molecule has 23 heavy (non-hydrogen) atoms. The van der Waals surface area contributed by atoms with Gasteiger partial charge in [0.25, 0.3) is 0 Å². The molecule has 0 fully saturated rings. The zero-order valence-electron chi connectivity index (χ0n) is 13.6. The zero-order chi connectivity index (χ0) is 16.2. The summed E-state index contributed by atoms with van der Waals surface area (Å²) in [5.41, 5.74) is 11.6. The molecular weight excluding hydrogens is 284 g/mol. The molecule has 1 amide bonds. The van der Waals surface area contributed by atoms with Crippen molar-refractivity contribution in [2.75, 3.05) is 5.73 Å². The lowest BCUT2D eigenvalue weighted by molar-refractivity contribution is -0.121. The van der Waals surface area contributed by atoms with Crippen LogP contribution in [0.2, 0.25) is 0 Å². The summed E-state index contributed by atoms with van der Waals surface area (Å²) in [6, 6.07) is 14.5. The number of nitrogens with two attached hydrogens (primary N) is 1. The number of nitrogen functional groups attached to an aromatic ring is 1. The third kappa shape index (κ3) is 3.92. The second kappa shape index (κ2) is 6.86. The Hall–Kier alpha value is -2.29. The van der Waals surface area contributed by atoms with Crippen LogP contribution in [0.15, 0.2) is 42.5 Å². The minimum atomic E-state index is 0.126. The molecule has 3 rings (SSSR count). The van der Waals surface area contributed by atoms with E-state index >= 15 is 0 Å². The Kier molecular flexibility index (Phi) is 4.65. The summed E-state index contributed by atoms with van der Waals surface area (Å²) in [5.74, 6) is 0.126. The smallest absolute Gasteiger partial charge is 0.220 e. The Morgan fingerprint density at radius 3 is 2.96 bits per heavy atom. The molecule has 1 aliphatic carbocycles. The number of benzene rings is 2. The Labute approximate surface area is 137 Å². The number of carbonyl (C=O) groups excluding carboxylic acids is 1. The number of hydrogen-bond donors (Lipinski definition) is 2. The maximum absolute atomic E-state index is 12.3. The lowest BCUT2D eigenvalue weighted by Crippen LogP contribution is -2.31. The molecule has 120 valence electrons. The first-order chi connectivity index (χ1) is 11.1. The maximum atomic E-state index is 12.3. The quantitative estimate of drug-likeness (QED) is 0.846. The first-order valence-electron chi connectivity index (χ1n) is 8.35. The first-order valence-corrected chi connectivity index (χ1v) is 8.35. The SMILES string of the molecule is Cc1cccc(CCC(=O)NC2CCCc3cc(N)ccc32)c1. The van der Waals surface area contributed by atoms with E-state index in [1.807, 2.05) is 18.2 Å². The number of nitrogens with one attached hydrogen (secondary N) is 1. The lowest BCUT2D eigenvalue weighted by atomic mass is 9.87. The summed E-state index contributed by atoms with van der Waals surface area (Å²) in [5, 5.41) is 3.20. The number of anilines is 1. The molecular formula is C20H24N2O. The number of hydrogen-bond acceptors (Lipinski definition) is 2. The summed E-state index contributed by atoms with van der Waals surface area (Å²) in [6.45, 7) is 2.08. The first kappa shape index (κ1) is 15.6. The molecule has 2 aromatic rings. The van der Waals surface area contributed by atoms with Crippen molar-refractivity contribution in [2.45, 2.75) is 45.1 Å². The van der Waals surface area contributed by atoms with E-state index in [0.29, 0.717) is 6.42 Å². The highest BCUT2D eigenvalue weighted by molar-refractivity contribution is 5.77. The van der Waals surface area contributed by atoms with Gasteiger partial charge in [0.05, 0.1) is 6.04 Å².